The first-order chi connectivity index (χ1) is 8.47. The summed E-state index contributed by atoms with van der Waals surface area (Å²) in [5.74, 6) is 0. The molecule has 0 spiro atoms. The highest BCUT2D eigenvalue weighted by Crippen LogP contribution is 2.43. The minimum Gasteiger partial charge on any atom is -0.225 e. The molecule has 1 heterocycles. The molecule has 0 aliphatic heterocycles. The maximum absolute atomic E-state index is 12.0. The van der Waals surface area contributed by atoms with Crippen molar-refractivity contribution in [2.45, 2.75) is 37.5 Å². The van der Waals surface area contributed by atoms with E-state index in [0.29, 0.717) is 6.54 Å². The van der Waals surface area contributed by atoms with Crippen molar-refractivity contribution >= 4 is 21.6 Å². The van der Waals surface area contributed by atoms with Gasteiger partial charge in [0.1, 0.15) is 4.90 Å². The van der Waals surface area contributed by atoms with Gasteiger partial charge in [-0.1, -0.05) is 13.3 Å². The largest absolute Gasteiger partial charge is 0.243 e. The molecule has 1 fully saturated rings. The van der Waals surface area contributed by atoms with Crippen LogP contribution >= 0.6 is 11.6 Å². The highest BCUT2D eigenvalue weighted by Gasteiger charge is 2.36. The third-order valence-electron chi connectivity index (χ3n) is 3.71. The average Bonchev–Trinajstić information content (AvgIpc) is 2.29. The number of aromatic nitrogens is 2. The first kappa shape index (κ1) is 13.7. The minimum absolute atomic E-state index is 0.0398. The van der Waals surface area contributed by atoms with E-state index in [4.69, 9.17) is 11.6 Å². The topological polar surface area (TPSA) is 72.0 Å². The quantitative estimate of drug-likeness (QED) is 0.842. The van der Waals surface area contributed by atoms with E-state index in [1.807, 2.05) is 0 Å². The van der Waals surface area contributed by atoms with Gasteiger partial charge < -0.3 is 0 Å². The summed E-state index contributed by atoms with van der Waals surface area (Å²) in [5.41, 5.74) is 0.139. The number of hydrogen-bond donors (Lipinski definition) is 1. The molecule has 1 aromatic heterocycles. The summed E-state index contributed by atoms with van der Waals surface area (Å²) in [4.78, 5) is 7.41. The molecular weight excluding hydrogens is 274 g/mol. The van der Waals surface area contributed by atoms with E-state index in [2.05, 4.69) is 21.6 Å². The first-order valence-electron chi connectivity index (χ1n) is 5.95. The highest BCUT2D eigenvalue weighted by molar-refractivity contribution is 7.89. The number of halogens is 1. The molecule has 1 aromatic rings. The van der Waals surface area contributed by atoms with Gasteiger partial charge in [-0.15, -0.1) is 0 Å². The maximum atomic E-state index is 12.0. The van der Waals surface area contributed by atoms with Gasteiger partial charge >= 0.3 is 0 Å². The van der Waals surface area contributed by atoms with E-state index in [0.717, 1.165) is 19.3 Å². The van der Waals surface area contributed by atoms with Crippen LogP contribution in [-0.4, -0.2) is 24.9 Å². The van der Waals surface area contributed by atoms with Gasteiger partial charge in [-0.25, -0.2) is 23.1 Å². The summed E-state index contributed by atoms with van der Waals surface area (Å²) in [7, 11) is -3.53. The van der Waals surface area contributed by atoms with Crippen LogP contribution in [0.3, 0.4) is 0 Å². The van der Waals surface area contributed by atoms with Crippen molar-refractivity contribution in [1.29, 1.82) is 0 Å². The molecule has 1 saturated carbocycles. The number of nitrogens with zero attached hydrogens (tertiary/aromatic N) is 2. The monoisotopic (exact) mass is 289 g/mol. The number of hydrogen-bond acceptors (Lipinski definition) is 4. The molecule has 0 bridgehead atoms. The van der Waals surface area contributed by atoms with Crippen molar-refractivity contribution < 1.29 is 8.42 Å². The van der Waals surface area contributed by atoms with Gasteiger partial charge in [0, 0.05) is 6.54 Å². The van der Waals surface area contributed by atoms with E-state index in [-0.39, 0.29) is 15.6 Å². The maximum Gasteiger partial charge on any atom is 0.243 e. The highest BCUT2D eigenvalue weighted by atomic mass is 35.5. The van der Waals surface area contributed by atoms with Gasteiger partial charge in [0.05, 0.1) is 12.4 Å². The number of nitrogens with one attached hydrogen (secondary N) is 1. The van der Waals surface area contributed by atoms with Crippen molar-refractivity contribution in [2.75, 3.05) is 6.54 Å². The zero-order valence-corrected chi connectivity index (χ0v) is 11.8. The van der Waals surface area contributed by atoms with Crippen molar-refractivity contribution in [2.24, 2.45) is 5.41 Å². The Hall–Kier alpha value is -0.720. The van der Waals surface area contributed by atoms with E-state index in [9.17, 15) is 8.42 Å². The first-order valence-corrected chi connectivity index (χ1v) is 7.81. The van der Waals surface area contributed by atoms with Crippen molar-refractivity contribution in [3.05, 3.63) is 17.7 Å². The SMILES string of the molecule is CCC1(CNS(=O)(=O)c2cnc(Cl)nc2)CCC1. The Kier molecular flexibility index (Phi) is 3.89. The van der Waals surface area contributed by atoms with Crippen LogP contribution in [0.25, 0.3) is 0 Å². The smallest absolute Gasteiger partial charge is 0.225 e. The van der Waals surface area contributed by atoms with Gasteiger partial charge in [-0.05, 0) is 36.3 Å². The lowest BCUT2D eigenvalue weighted by molar-refractivity contribution is 0.133. The molecule has 0 unspecified atom stereocenters. The van der Waals surface area contributed by atoms with Crippen molar-refractivity contribution in [3.63, 3.8) is 0 Å². The lowest BCUT2D eigenvalue weighted by atomic mass is 9.67. The van der Waals surface area contributed by atoms with Crippen LogP contribution in [0.5, 0.6) is 0 Å². The van der Waals surface area contributed by atoms with Gasteiger partial charge in [-0.2, -0.15) is 0 Å². The van der Waals surface area contributed by atoms with E-state index < -0.39 is 10.0 Å². The van der Waals surface area contributed by atoms with Crippen molar-refractivity contribution in [1.82, 2.24) is 14.7 Å². The van der Waals surface area contributed by atoms with Crippen LogP contribution in [0.1, 0.15) is 32.6 Å². The Morgan fingerprint density at radius 2 is 2.00 bits per heavy atom. The Labute approximate surface area is 112 Å². The van der Waals surface area contributed by atoms with Crippen molar-refractivity contribution in [3.8, 4) is 0 Å². The Morgan fingerprint density at radius 3 is 2.44 bits per heavy atom. The van der Waals surface area contributed by atoms with Crippen LogP contribution in [0.4, 0.5) is 0 Å². The second-order valence-corrected chi connectivity index (χ2v) is 6.82. The van der Waals surface area contributed by atoms with Gasteiger partial charge in [-0.3, -0.25) is 0 Å². The molecule has 0 radical (unpaired) electrons. The van der Waals surface area contributed by atoms with Gasteiger partial charge in [0.2, 0.25) is 15.3 Å². The molecular formula is C11H16ClN3O2S. The molecule has 0 amide bonds. The summed E-state index contributed by atoms with van der Waals surface area (Å²) in [5, 5.41) is 0.0398. The molecule has 0 atom stereocenters. The van der Waals surface area contributed by atoms with Crippen LogP contribution in [0, 0.1) is 5.41 Å². The number of rotatable bonds is 5. The molecule has 1 N–H and O–H groups in total. The second-order valence-electron chi connectivity index (χ2n) is 4.72. The minimum atomic E-state index is -3.53. The third-order valence-corrected chi connectivity index (χ3v) is 5.26. The summed E-state index contributed by atoms with van der Waals surface area (Å²) in [6.45, 7) is 2.58. The lowest BCUT2D eigenvalue weighted by Gasteiger charge is -2.41. The predicted molar refractivity (Wildman–Crippen MR) is 68.8 cm³/mol. The predicted octanol–water partition coefficient (Wildman–Crippen LogP) is 1.99. The van der Waals surface area contributed by atoms with Crippen LogP contribution in [0.15, 0.2) is 17.3 Å². The molecule has 1 aliphatic carbocycles. The van der Waals surface area contributed by atoms with Crippen LogP contribution < -0.4 is 4.72 Å². The Balaban J connectivity index is 2.05. The van der Waals surface area contributed by atoms with E-state index in [1.165, 1.54) is 18.8 Å². The normalized spacial score (nSPS) is 18.3. The molecule has 18 heavy (non-hydrogen) atoms. The molecule has 1 aliphatic rings. The summed E-state index contributed by atoms with van der Waals surface area (Å²) in [6, 6.07) is 0. The molecule has 100 valence electrons. The second kappa shape index (κ2) is 5.11. The van der Waals surface area contributed by atoms with Gasteiger partial charge in [0.25, 0.3) is 0 Å². The number of sulfonamides is 1. The molecule has 7 heteroatoms. The average molecular weight is 290 g/mol. The van der Waals surface area contributed by atoms with E-state index >= 15 is 0 Å². The third kappa shape index (κ3) is 2.81. The van der Waals surface area contributed by atoms with Gasteiger partial charge in [0.15, 0.2) is 0 Å². The summed E-state index contributed by atoms with van der Waals surface area (Å²) < 4.78 is 26.7. The molecule has 2 rings (SSSR count). The fourth-order valence-corrected chi connectivity index (χ4v) is 3.25. The lowest BCUT2D eigenvalue weighted by Crippen LogP contribution is -2.41. The summed E-state index contributed by atoms with van der Waals surface area (Å²) in [6.07, 6.45) is 6.78. The Bertz CT molecular complexity index is 506. The standard InChI is InChI=1S/C11H16ClN3O2S/c1-2-11(4-3-5-11)8-15-18(16,17)9-6-13-10(12)14-7-9/h6-7,15H,2-5,8H2,1H3. The van der Waals surface area contributed by atoms with E-state index in [1.54, 1.807) is 0 Å². The Morgan fingerprint density at radius 1 is 1.39 bits per heavy atom. The fraction of sp³-hybridized carbons (Fsp3) is 0.636. The zero-order valence-electron chi connectivity index (χ0n) is 10.2. The molecule has 0 saturated heterocycles. The van der Waals surface area contributed by atoms with Crippen LogP contribution in [0.2, 0.25) is 5.28 Å². The zero-order chi connectivity index (χ0) is 13.2. The van der Waals surface area contributed by atoms with Crippen LogP contribution in [-0.2, 0) is 10.0 Å². The molecule has 5 nitrogen and oxygen atoms in total. The molecule has 0 aromatic carbocycles. The summed E-state index contributed by atoms with van der Waals surface area (Å²) >= 11 is 5.53. The fourth-order valence-electron chi connectivity index (χ4n) is 2.10.